The standard InChI is InChI=1S/C14H25N3O3S/c1-4-8-15-11-13-6-7-14(16-12-13)21(18,19)17(5-2)9-10-20-3/h6-7,12,15H,4-5,8-11H2,1-3H3. The molecule has 0 aliphatic heterocycles. The number of hydrogen-bond acceptors (Lipinski definition) is 5. The summed E-state index contributed by atoms with van der Waals surface area (Å²) in [6, 6.07) is 3.36. The minimum Gasteiger partial charge on any atom is -0.383 e. The smallest absolute Gasteiger partial charge is 0.260 e. The van der Waals surface area contributed by atoms with Crippen molar-refractivity contribution in [3.05, 3.63) is 23.9 Å². The Balaban J connectivity index is 2.78. The molecule has 0 radical (unpaired) electrons. The second kappa shape index (κ2) is 9.09. The summed E-state index contributed by atoms with van der Waals surface area (Å²) in [5.74, 6) is 0. The SMILES string of the molecule is CCCNCc1ccc(S(=O)(=O)N(CC)CCOC)nc1. The Bertz CT molecular complexity index is 503. The second-order valence-corrected chi connectivity index (χ2v) is 6.56. The van der Waals surface area contributed by atoms with Crippen molar-refractivity contribution in [3.63, 3.8) is 0 Å². The third kappa shape index (κ3) is 5.35. The fourth-order valence-corrected chi connectivity index (χ4v) is 3.20. The topological polar surface area (TPSA) is 71.5 Å². The van der Waals surface area contributed by atoms with Crippen LogP contribution in [0.2, 0.25) is 0 Å². The summed E-state index contributed by atoms with van der Waals surface area (Å²) in [6.45, 7) is 6.62. The van der Waals surface area contributed by atoms with E-state index in [0.29, 0.717) is 26.2 Å². The van der Waals surface area contributed by atoms with Crippen LogP contribution < -0.4 is 5.32 Å². The van der Waals surface area contributed by atoms with Crippen LogP contribution in [0.4, 0.5) is 0 Å². The van der Waals surface area contributed by atoms with Gasteiger partial charge >= 0.3 is 0 Å². The Morgan fingerprint density at radius 2 is 2.10 bits per heavy atom. The minimum atomic E-state index is -3.54. The summed E-state index contributed by atoms with van der Waals surface area (Å²) >= 11 is 0. The van der Waals surface area contributed by atoms with Gasteiger partial charge in [-0.05, 0) is 24.6 Å². The van der Waals surface area contributed by atoms with Gasteiger partial charge in [0.1, 0.15) is 0 Å². The lowest BCUT2D eigenvalue weighted by Gasteiger charge is -2.19. The highest BCUT2D eigenvalue weighted by Gasteiger charge is 2.23. The zero-order valence-electron chi connectivity index (χ0n) is 13.0. The molecule has 0 aliphatic carbocycles. The predicted molar refractivity (Wildman–Crippen MR) is 82.5 cm³/mol. The summed E-state index contributed by atoms with van der Waals surface area (Å²) in [4.78, 5) is 4.10. The monoisotopic (exact) mass is 315 g/mol. The number of hydrogen-bond donors (Lipinski definition) is 1. The van der Waals surface area contributed by atoms with E-state index < -0.39 is 10.0 Å². The number of aromatic nitrogens is 1. The Kier molecular flexibility index (Phi) is 7.81. The van der Waals surface area contributed by atoms with Gasteiger partial charge in [0, 0.05) is 32.9 Å². The molecule has 0 atom stereocenters. The van der Waals surface area contributed by atoms with E-state index >= 15 is 0 Å². The van der Waals surface area contributed by atoms with Gasteiger partial charge in [0.2, 0.25) is 0 Å². The number of methoxy groups -OCH3 is 1. The van der Waals surface area contributed by atoms with Gasteiger partial charge in [0.25, 0.3) is 10.0 Å². The zero-order valence-corrected chi connectivity index (χ0v) is 13.8. The average Bonchev–Trinajstić information content (AvgIpc) is 2.48. The van der Waals surface area contributed by atoms with Gasteiger partial charge in [0.05, 0.1) is 6.61 Å². The Morgan fingerprint density at radius 1 is 1.33 bits per heavy atom. The van der Waals surface area contributed by atoms with Gasteiger partial charge in [-0.15, -0.1) is 0 Å². The number of likely N-dealkylation sites (N-methyl/N-ethyl adjacent to an activating group) is 1. The van der Waals surface area contributed by atoms with E-state index in [2.05, 4.69) is 17.2 Å². The van der Waals surface area contributed by atoms with Gasteiger partial charge in [0.15, 0.2) is 5.03 Å². The lowest BCUT2D eigenvalue weighted by atomic mass is 10.3. The fraction of sp³-hybridized carbons (Fsp3) is 0.643. The van der Waals surface area contributed by atoms with Crippen LogP contribution in [0, 0.1) is 0 Å². The number of nitrogens with zero attached hydrogens (tertiary/aromatic N) is 2. The van der Waals surface area contributed by atoms with Crippen LogP contribution in [0.3, 0.4) is 0 Å². The molecule has 7 heteroatoms. The first-order valence-corrected chi connectivity index (χ1v) is 8.65. The molecule has 1 N–H and O–H groups in total. The van der Waals surface area contributed by atoms with E-state index in [9.17, 15) is 8.42 Å². The van der Waals surface area contributed by atoms with Crippen molar-refractivity contribution < 1.29 is 13.2 Å². The molecule has 6 nitrogen and oxygen atoms in total. The molecule has 1 aromatic heterocycles. The van der Waals surface area contributed by atoms with Crippen LogP contribution in [-0.4, -0.2) is 51.1 Å². The molecule has 0 fully saturated rings. The third-order valence-corrected chi connectivity index (χ3v) is 4.95. The number of pyridine rings is 1. The summed E-state index contributed by atoms with van der Waals surface area (Å²) in [5.41, 5.74) is 0.974. The Hall–Kier alpha value is -1.02. The first-order valence-electron chi connectivity index (χ1n) is 7.21. The number of sulfonamides is 1. The number of rotatable bonds is 10. The summed E-state index contributed by atoms with van der Waals surface area (Å²) in [6.07, 6.45) is 2.67. The van der Waals surface area contributed by atoms with Crippen molar-refractivity contribution in [1.82, 2.24) is 14.6 Å². The number of nitrogens with one attached hydrogen (secondary N) is 1. The zero-order chi connectivity index (χ0) is 15.7. The summed E-state index contributed by atoms with van der Waals surface area (Å²) < 4.78 is 31.2. The Labute approximate surface area is 127 Å². The van der Waals surface area contributed by atoms with Crippen LogP contribution in [0.1, 0.15) is 25.8 Å². The molecule has 0 spiro atoms. The number of ether oxygens (including phenoxy) is 1. The predicted octanol–water partition coefficient (Wildman–Crippen LogP) is 1.24. The highest BCUT2D eigenvalue weighted by atomic mass is 32.2. The molecular formula is C14H25N3O3S. The van der Waals surface area contributed by atoms with Gasteiger partial charge in [-0.2, -0.15) is 4.31 Å². The van der Waals surface area contributed by atoms with Crippen LogP contribution >= 0.6 is 0 Å². The van der Waals surface area contributed by atoms with Crippen LogP contribution in [0.5, 0.6) is 0 Å². The van der Waals surface area contributed by atoms with Gasteiger partial charge < -0.3 is 10.1 Å². The van der Waals surface area contributed by atoms with Crippen LogP contribution in [-0.2, 0) is 21.3 Å². The normalized spacial score (nSPS) is 12.0. The van der Waals surface area contributed by atoms with Crippen molar-refractivity contribution in [3.8, 4) is 0 Å². The average molecular weight is 315 g/mol. The molecule has 0 bridgehead atoms. The maximum absolute atomic E-state index is 12.4. The van der Waals surface area contributed by atoms with E-state index in [0.717, 1.165) is 18.5 Å². The van der Waals surface area contributed by atoms with E-state index in [-0.39, 0.29) is 5.03 Å². The van der Waals surface area contributed by atoms with Crippen molar-refractivity contribution in [2.75, 3.05) is 33.4 Å². The molecule has 21 heavy (non-hydrogen) atoms. The van der Waals surface area contributed by atoms with E-state index in [4.69, 9.17) is 4.74 Å². The molecule has 0 unspecified atom stereocenters. The fourth-order valence-electron chi connectivity index (χ4n) is 1.85. The van der Waals surface area contributed by atoms with Gasteiger partial charge in [-0.25, -0.2) is 13.4 Å². The van der Waals surface area contributed by atoms with Gasteiger partial charge in [-0.3, -0.25) is 0 Å². The highest BCUT2D eigenvalue weighted by molar-refractivity contribution is 7.89. The first kappa shape index (κ1) is 18.0. The van der Waals surface area contributed by atoms with E-state index in [1.165, 1.54) is 4.31 Å². The first-order chi connectivity index (χ1) is 10.1. The summed E-state index contributed by atoms with van der Waals surface area (Å²) in [5, 5.41) is 3.34. The summed E-state index contributed by atoms with van der Waals surface area (Å²) in [7, 11) is -1.99. The molecule has 1 heterocycles. The van der Waals surface area contributed by atoms with Crippen molar-refractivity contribution in [2.45, 2.75) is 31.8 Å². The van der Waals surface area contributed by atoms with Crippen molar-refractivity contribution in [1.29, 1.82) is 0 Å². The lowest BCUT2D eigenvalue weighted by Crippen LogP contribution is -2.34. The lowest BCUT2D eigenvalue weighted by molar-refractivity contribution is 0.180. The maximum Gasteiger partial charge on any atom is 0.260 e. The van der Waals surface area contributed by atoms with Crippen molar-refractivity contribution in [2.24, 2.45) is 0 Å². The second-order valence-electron chi connectivity index (χ2n) is 4.67. The van der Waals surface area contributed by atoms with Gasteiger partial charge in [-0.1, -0.05) is 19.9 Å². The van der Waals surface area contributed by atoms with Crippen molar-refractivity contribution >= 4 is 10.0 Å². The quantitative estimate of drug-likeness (QED) is 0.658. The molecule has 0 amide bonds. The highest BCUT2D eigenvalue weighted by Crippen LogP contribution is 2.13. The molecule has 1 rings (SSSR count). The third-order valence-electron chi connectivity index (χ3n) is 3.06. The Morgan fingerprint density at radius 3 is 2.62 bits per heavy atom. The van der Waals surface area contributed by atoms with Crippen LogP contribution in [0.15, 0.2) is 23.4 Å². The molecule has 0 saturated heterocycles. The van der Waals surface area contributed by atoms with E-state index in [1.807, 2.05) is 0 Å². The maximum atomic E-state index is 12.4. The molecule has 1 aromatic rings. The molecule has 120 valence electrons. The minimum absolute atomic E-state index is 0.0831. The molecular weight excluding hydrogens is 290 g/mol. The van der Waals surface area contributed by atoms with E-state index in [1.54, 1.807) is 32.4 Å². The van der Waals surface area contributed by atoms with Crippen LogP contribution in [0.25, 0.3) is 0 Å². The molecule has 0 aliphatic rings. The largest absolute Gasteiger partial charge is 0.383 e. The molecule has 0 aromatic carbocycles. The molecule has 0 saturated carbocycles.